The van der Waals surface area contributed by atoms with Crippen LogP contribution in [0.3, 0.4) is 0 Å². The summed E-state index contributed by atoms with van der Waals surface area (Å²) in [7, 11) is 0. The van der Waals surface area contributed by atoms with E-state index >= 15 is 0 Å². The quantitative estimate of drug-likeness (QED) is 0.147. The van der Waals surface area contributed by atoms with Crippen LogP contribution in [0, 0.1) is 0 Å². The lowest BCUT2D eigenvalue weighted by molar-refractivity contribution is -0.132. The number of hydrogen-bond acceptors (Lipinski definition) is 5. The summed E-state index contributed by atoms with van der Waals surface area (Å²) in [4.78, 5) is 39.4. The predicted molar refractivity (Wildman–Crippen MR) is 135 cm³/mol. The molecule has 178 valence electrons. The molecule has 35 heavy (non-hydrogen) atoms. The molecule has 0 saturated carbocycles. The van der Waals surface area contributed by atoms with Gasteiger partial charge in [0.15, 0.2) is 0 Å². The minimum atomic E-state index is -0.979. The number of halogens is 2. The van der Waals surface area contributed by atoms with Crippen molar-refractivity contribution in [3.05, 3.63) is 99.0 Å². The van der Waals surface area contributed by atoms with Gasteiger partial charge in [-0.3, -0.25) is 19.3 Å². The first kappa shape index (κ1) is 24.5. The minimum absolute atomic E-state index is 0.118. The van der Waals surface area contributed by atoms with Crippen molar-refractivity contribution in [2.24, 2.45) is 0 Å². The molecule has 1 heterocycles. The van der Waals surface area contributed by atoms with Gasteiger partial charge in [-0.05, 0) is 60.0 Å². The molecule has 1 unspecified atom stereocenters. The number of aliphatic hydroxyl groups excluding tert-OH is 1. The van der Waals surface area contributed by atoms with Crippen molar-refractivity contribution in [2.75, 3.05) is 4.90 Å². The Hall–Kier alpha value is -3.61. The highest BCUT2D eigenvalue weighted by Crippen LogP contribution is 2.43. The van der Waals surface area contributed by atoms with Crippen molar-refractivity contribution in [2.45, 2.75) is 26.3 Å². The Morgan fingerprint density at radius 2 is 1.71 bits per heavy atom. The van der Waals surface area contributed by atoms with Crippen LogP contribution in [0.15, 0.2) is 72.3 Å². The summed E-state index contributed by atoms with van der Waals surface area (Å²) in [6.45, 7) is 3.29. The number of ketones is 1. The van der Waals surface area contributed by atoms with Crippen LogP contribution in [0.5, 0.6) is 5.75 Å². The van der Waals surface area contributed by atoms with Gasteiger partial charge in [0.05, 0.1) is 21.7 Å². The fourth-order valence-corrected chi connectivity index (χ4v) is 4.32. The van der Waals surface area contributed by atoms with E-state index in [0.29, 0.717) is 11.3 Å². The number of carbonyl (C=O) groups is 3. The number of aryl methyl sites for hydroxylation is 1. The second kappa shape index (κ2) is 9.94. The van der Waals surface area contributed by atoms with E-state index in [9.17, 15) is 19.5 Å². The maximum Gasteiger partial charge on any atom is 0.308 e. The molecule has 6 nitrogen and oxygen atoms in total. The maximum absolute atomic E-state index is 13.3. The number of hydrogen-bond donors (Lipinski definition) is 1. The molecule has 3 aromatic rings. The highest BCUT2D eigenvalue weighted by molar-refractivity contribution is 6.51. The highest BCUT2D eigenvalue weighted by atomic mass is 35.5. The zero-order valence-electron chi connectivity index (χ0n) is 18.9. The molecule has 1 amide bonds. The molecule has 1 fully saturated rings. The van der Waals surface area contributed by atoms with Crippen LogP contribution in [0.4, 0.5) is 5.69 Å². The summed E-state index contributed by atoms with van der Waals surface area (Å²) in [5.41, 5.74) is 2.15. The van der Waals surface area contributed by atoms with Crippen LogP contribution < -0.4 is 9.64 Å². The Labute approximate surface area is 212 Å². The van der Waals surface area contributed by atoms with Crippen molar-refractivity contribution in [3.63, 3.8) is 0 Å². The number of ether oxygens (including phenoxy) is 1. The first-order chi connectivity index (χ1) is 16.7. The zero-order chi connectivity index (χ0) is 25.3. The Bertz CT molecular complexity index is 1360. The Kier molecular flexibility index (Phi) is 6.96. The van der Waals surface area contributed by atoms with Crippen molar-refractivity contribution < 1.29 is 24.2 Å². The number of esters is 1. The van der Waals surface area contributed by atoms with E-state index in [4.69, 9.17) is 27.9 Å². The van der Waals surface area contributed by atoms with Gasteiger partial charge in [-0.1, -0.05) is 54.4 Å². The summed E-state index contributed by atoms with van der Waals surface area (Å²) in [5, 5.41) is 11.7. The number of Topliss-reactive ketones (excluding diaryl/α,β-unsaturated/α-hetero) is 1. The number of carbonyl (C=O) groups excluding carboxylic acids is 3. The average molecular weight is 510 g/mol. The fraction of sp³-hybridized carbons (Fsp3) is 0.148. The van der Waals surface area contributed by atoms with E-state index in [1.165, 1.54) is 30.0 Å². The highest BCUT2D eigenvalue weighted by Gasteiger charge is 2.47. The van der Waals surface area contributed by atoms with Crippen molar-refractivity contribution in [3.8, 4) is 5.75 Å². The van der Waals surface area contributed by atoms with Crippen LogP contribution >= 0.6 is 23.2 Å². The summed E-state index contributed by atoms with van der Waals surface area (Å²) in [6, 6.07) is 17.2. The fourth-order valence-electron chi connectivity index (χ4n) is 4.02. The minimum Gasteiger partial charge on any atom is -0.507 e. The van der Waals surface area contributed by atoms with Crippen LogP contribution in [0.2, 0.25) is 10.0 Å². The number of benzene rings is 3. The number of amides is 1. The monoisotopic (exact) mass is 509 g/mol. The average Bonchev–Trinajstić information content (AvgIpc) is 3.10. The molecule has 0 aliphatic carbocycles. The Morgan fingerprint density at radius 3 is 2.34 bits per heavy atom. The smallest absolute Gasteiger partial charge is 0.308 e. The van der Waals surface area contributed by atoms with E-state index in [1.807, 2.05) is 19.1 Å². The molecule has 3 aromatic carbocycles. The maximum atomic E-state index is 13.3. The van der Waals surface area contributed by atoms with Gasteiger partial charge >= 0.3 is 5.97 Å². The molecule has 0 radical (unpaired) electrons. The normalized spacial score (nSPS) is 17.0. The van der Waals surface area contributed by atoms with Gasteiger partial charge in [0.2, 0.25) is 0 Å². The first-order valence-electron chi connectivity index (χ1n) is 10.8. The van der Waals surface area contributed by atoms with Gasteiger partial charge in [0, 0.05) is 18.2 Å². The zero-order valence-corrected chi connectivity index (χ0v) is 20.4. The van der Waals surface area contributed by atoms with E-state index in [1.54, 1.807) is 36.4 Å². The van der Waals surface area contributed by atoms with E-state index < -0.39 is 29.5 Å². The predicted octanol–water partition coefficient (Wildman–Crippen LogP) is 6.11. The molecule has 1 N–H and O–H groups in total. The van der Waals surface area contributed by atoms with E-state index in [-0.39, 0.29) is 26.9 Å². The molecule has 1 atom stereocenters. The van der Waals surface area contributed by atoms with E-state index in [0.717, 1.165) is 12.0 Å². The van der Waals surface area contributed by atoms with Crippen molar-refractivity contribution >= 4 is 52.3 Å². The lowest BCUT2D eigenvalue weighted by Crippen LogP contribution is -2.29. The molecule has 0 bridgehead atoms. The van der Waals surface area contributed by atoms with Crippen LogP contribution in [-0.4, -0.2) is 22.8 Å². The summed E-state index contributed by atoms with van der Waals surface area (Å²) >= 11 is 12.1. The second-order valence-electron chi connectivity index (χ2n) is 7.98. The molecule has 0 aromatic heterocycles. The number of anilines is 1. The summed E-state index contributed by atoms with van der Waals surface area (Å²) in [6.07, 6.45) is 0.810. The largest absolute Gasteiger partial charge is 0.507 e. The Balaban J connectivity index is 1.93. The molecule has 8 heteroatoms. The molecule has 1 aliphatic rings. The molecule has 1 aliphatic heterocycles. The third-order valence-corrected chi connectivity index (χ3v) is 6.43. The number of nitrogens with zero attached hydrogens (tertiary/aromatic N) is 1. The van der Waals surface area contributed by atoms with Gasteiger partial charge in [-0.15, -0.1) is 0 Å². The van der Waals surface area contributed by atoms with Gasteiger partial charge < -0.3 is 9.84 Å². The van der Waals surface area contributed by atoms with Crippen molar-refractivity contribution in [1.82, 2.24) is 0 Å². The topological polar surface area (TPSA) is 83.9 Å². The van der Waals surface area contributed by atoms with Crippen LogP contribution in [0.1, 0.15) is 36.6 Å². The third kappa shape index (κ3) is 4.81. The lowest BCUT2D eigenvalue weighted by Gasteiger charge is -2.26. The molecule has 1 saturated heterocycles. The van der Waals surface area contributed by atoms with Gasteiger partial charge in [-0.2, -0.15) is 0 Å². The SMILES string of the molecule is CCc1ccc(N2C(=O)C(=O)/C(=C(\O)c3ccc(Cl)c(Cl)c3)C2c2cccc(OC(C)=O)c2)cc1. The number of aliphatic hydroxyl groups is 1. The van der Waals surface area contributed by atoms with Crippen LogP contribution in [0.25, 0.3) is 5.76 Å². The molecular formula is C27H21Cl2NO5. The standard InChI is InChI=1S/C27H21Cl2NO5/c1-3-16-7-10-19(11-8-16)30-24(17-5-4-6-20(13-17)35-15(2)31)23(26(33)27(30)34)25(32)18-9-12-21(28)22(29)14-18/h4-14,24,32H,3H2,1-2H3/b25-23-. The van der Waals surface area contributed by atoms with Gasteiger partial charge in [0.1, 0.15) is 11.5 Å². The molecule has 0 spiro atoms. The van der Waals surface area contributed by atoms with Crippen molar-refractivity contribution in [1.29, 1.82) is 0 Å². The molecular weight excluding hydrogens is 489 g/mol. The Morgan fingerprint density at radius 1 is 1.00 bits per heavy atom. The van der Waals surface area contributed by atoms with Crippen LogP contribution in [-0.2, 0) is 20.8 Å². The molecule has 4 rings (SSSR count). The van der Waals surface area contributed by atoms with Gasteiger partial charge in [-0.25, -0.2) is 0 Å². The third-order valence-electron chi connectivity index (χ3n) is 5.70. The summed E-state index contributed by atoms with van der Waals surface area (Å²) < 4.78 is 5.21. The summed E-state index contributed by atoms with van der Waals surface area (Å²) in [5.74, 6) is -2.30. The van der Waals surface area contributed by atoms with E-state index in [2.05, 4.69) is 0 Å². The lowest BCUT2D eigenvalue weighted by atomic mass is 9.95. The van der Waals surface area contributed by atoms with Gasteiger partial charge in [0.25, 0.3) is 11.7 Å². The first-order valence-corrected chi connectivity index (χ1v) is 11.6. The number of rotatable bonds is 5. The second-order valence-corrected chi connectivity index (χ2v) is 8.80.